The molecule has 7 nitrogen and oxygen atoms in total. The van der Waals surface area contributed by atoms with Gasteiger partial charge in [0.25, 0.3) is 0 Å². The summed E-state index contributed by atoms with van der Waals surface area (Å²) in [5, 5.41) is 24.7. The van der Waals surface area contributed by atoms with E-state index in [-0.39, 0.29) is 12.1 Å². The molecule has 7 heteroatoms. The molecular formula is C14H24N4O3. The molecule has 0 aliphatic heterocycles. The molecule has 0 saturated carbocycles. The van der Waals surface area contributed by atoms with Gasteiger partial charge in [-0.3, -0.25) is 4.79 Å². The number of ether oxygens (including phenoxy) is 2. The number of carbonyl (C=O) groups excluding carboxylic acids is 1. The number of nitriles is 2. The summed E-state index contributed by atoms with van der Waals surface area (Å²) in [6.45, 7) is 10.2. The lowest BCUT2D eigenvalue weighted by molar-refractivity contribution is -0.147. The predicted molar refractivity (Wildman–Crippen MR) is 77.3 cm³/mol. The minimum atomic E-state index is -0.839. The highest BCUT2D eigenvalue weighted by molar-refractivity contribution is 5.66. The second-order valence-electron chi connectivity index (χ2n) is 5.42. The molecule has 0 aromatic carbocycles. The first-order chi connectivity index (χ1) is 9.49. The van der Waals surface area contributed by atoms with Crippen LogP contribution in [0.4, 0.5) is 0 Å². The van der Waals surface area contributed by atoms with Crippen molar-refractivity contribution in [2.45, 2.75) is 58.7 Å². The fourth-order valence-corrected chi connectivity index (χ4v) is 0.847. The van der Waals surface area contributed by atoms with Gasteiger partial charge in [0.1, 0.15) is 6.10 Å². The Morgan fingerprint density at radius 3 is 1.76 bits per heavy atom. The van der Waals surface area contributed by atoms with Crippen molar-refractivity contribution < 1.29 is 14.3 Å². The van der Waals surface area contributed by atoms with Gasteiger partial charge in [-0.15, -0.1) is 0 Å². The van der Waals surface area contributed by atoms with E-state index in [1.54, 1.807) is 41.7 Å². The van der Waals surface area contributed by atoms with Crippen LogP contribution in [0.5, 0.6) is 0 Å². The van der Waals surface area contributed by atoms with Crippen molar-refractivity contribution in [1.82, 2.24) is 0 Å². The zero-order chi connectivity index (χ0) is 17.1. The van der Waals surface area contributed by atoms with E-state index in [2.05, 4.69) is 10.2 Å². The number of azo groups is 1. The summed E-state index contributed by atoms with van der Waals surface area (Å²) in [5.74, 6) is -0.264. The van der Waals surface area contributed by atoms with Crippen LogP contribution in [0.3, 0.4) is 0 Å². The second-order valence-corrected chi connectivity index (χ2v) is 5.42. The lowest BCUT2D eigenvalue weighted by Crippen LogP contribution is -2.17. The Bertz CT molecular complexity index is 402. The monoisotopic (exact) mass is 296 g/mol. The topological polar surface area (TPSA) is 108 Å². The lowest BCUT2D eigenvalue weighted by atomic mass is 10.1. The van der Waals surface area contributed by atoms with E-state index >= 15 is 0 Å². The van der Waals surface area contributed by atoms with E-state index in [0.29, 0.717) is 6.61 Å². The molecule has 1 atom stereocenters. The van der Waals surface area contributed by atoms with Crippen LogP contribution < -0.4 is 0 Å². The highest BCUT2D eigenvalue weighted by Gasteiger charge is 2.19. The van der Waals surface area contributed by atoms with Gasteiger partial charge < -0.3 is 9.47 Å². The Kier molecular flexibility index (Phi) is 9.99. The third kappa shape index (κ3) is 14.2. The van der Waals surface area contributed by atoms with Gasteiger partial charge in [-0.2, -0.15) is 20.8 Å². The first-order valence-corrected chi connectivity index (χ1v) is 6.42. The van der Waals surface area contributed by atoms with Crippen molar-refractivity contribution in [3.63, 3.8) is 0 Å². The first-order valence-electron chi connectivity index (χ1n) is 6.42. The van der Waals surface area contributed by atoms with Crippen LogP contribution in [-0.4, -0.2) is 36.9 Å². The molecule has 0 radical (unpaired) electrons. The quantitative estimate of drug-likeness (QED) is 0.572. The molecule has 0 heterocycles. The van der Waals surface area contributed by atoms with Gasteiger partial charge in [-0.25, -0.2) is 0 Å². The van der Waals surface area contributed by atoms with Crippen LogP contribution in [0, 0.1) is 22.7 Å². The molecule has 0 aromatic rings. The molecule has 0 saturated heterocycles. The predicted octanol–water partition coefficient (Wildman–Crippen LogP) is 2.63. The van der Waals surface area contributed by atoms with E-state index < -0.39 is 11.1 Å². The van der Waals surface area contributed by atoms with E-state index in [1.165, 1.54) is 6.92 Å². The van der Waals surface area contributed by atoms with Gasteiger partial charge in [0.15, 0.2) is 11.1 Å². The first kappa shape index (κ1) is 21.3. The van der Waals surface area contributed by atoms with E-state index in [1.807, 2.05) is 12.1 Å². The highest BCUT2D eigenvalue weighted by Crippen LogP contribution is 2.13. The van der Waals surface area contributed by atoms with Gasteiger partial charge >= 0.3 is 5.97 Å². The summed E-state index contributed by atoms with van der Waals surface area (Å²) >= 11 is 0. The normalized spacial score (nSPS) is 12.6. The molecule has 0 aliphatic rings. The summed E-state index contributed by atoms with van der Waals surface area (Å²) in [6, 6.07) is 3.94. The second kappa shape index (κ2) is 9.84. The number of rotatable bonds is 5. The number of nitrogens with zero attached hydrogens (tertiary/aromatic N) is 4. The molecule has 1 unspecified atom stereocenters. The van der Waals surface area contributed by atoms with Crippen molar-refractivity contribution in [3.8, 4) is 12.1 Å². The SMILES string of the molecule is CC(C)(C#N)N=NC(C)(C)C#N.COCC(C)OC(C)=O. The van der Waals surface area contributed by atoms with E-state index in [9.17, 15) is 4.79 Å². The van der Waals surface area contributed by atoms with Crippen LogP contribution in [0.1, 0.15) is 41.5 Å². The standard InChI is InChI=1S/C8H12N4.C6H12O3/c1-7(2,5-9)11-12-8(3,4)6-10;1-5(4-8-3)9-6(2)7/h1-4H3;5H,4H2,1-3H3. The van der Waals surface area contributed by atoms with Gasteiger partial charge in [-0.1, -0.05) is 0 Å². The number of hydrogen-bond acceptors (Lipinski definition) is 7. The number of hydrogen-bond donors (Lipinski definition) is 0. The summed E-state index contributed by atoms with van der Waals surface area (Å²) in [7, 11) is 1.57. The zero-order valence-electron chi connectivity index (χ0n) is 13.8. The smallest absolute Gasteiger partial charge is 0.302 e. The van der Waals surface area contributed by atoms with Crippen molar-refractivity contribution >= 4 is 5.97 Å². The number of carbonyl (C=O) groups is 1. The van der Waals surface area contributed by atoms with Gasteiger partial charge in [0, 0.05) is 14.0 Å². The molecule has 0 amide bonds. The highest BCUT2D eigenvalue weighted by atomic mass is 16.6. The van der Waals surface area contributed by atoms with Gasteiger partial charge in [0.2, 0.25) is 0 Å². The molecule has 0 aliphatic carbocycles. The summed E-state index contributed by atoms with van der Waals surface area (Å²) < 4.78 is 9.45. The van der Waals surface area contributed by atoms with Gasteiger partial charge in [0.05, 0.1) is 18.7 Å². The van der Waals surface area contributed by atoms with Crippen molar-refractivity contribution in [3.05, 3.63) is 0 Å². The summed E-state index contributed by atoms with van der Waals surface area (Å²) in [4.78, 5) is 10.3. The summed E-state index contributed by atoms with van der Waals surface area (Å²) in [6.07, 6.45) is -0.132. The molecule has 0 aromatic heterocycles. The Morgan fingerprint density at radius 1 is 1.14 bits per heavy atom. The number of esters is 1. The van der Waals surface area contributed by atoms with Crippen LogP contribution in [-0.2, 0) is 14.3 Å². The van der Waals surface area contributed by atoms with Crippen molar-refractivity contribution in [2.75, 3.05) is 13.7 Å². The average molecular weight is 296 g/mol. The van der Waals surface area contributed by atoms with E-state index in [0.717, 1.165) is 0 Å². The van der Waals surface area contributed by atoms with Gasteiger partial charge in [-0.05, 0) is 34.6 Å². The van der Waals surface area contributed by atoms with Crippen LogP contribution in [0.2, 0.25) is 0 Å². The molecule has 118 valence electrons. The third-order valence-corrected chi connectivity index (χ3v) is 1.87. The number of methoxy groups -OCH3 is 1. The van der Waals surface area contributed by atoms with Crippen molar-refractivity contribution in [1.29, 1.82) is 10.5 Å². The average Bonchev–Trinajstić information content (AvgIpc) is 2.37. The van der Waals surface area contributed by atoms with Crippen LogP contribution >= 0.6 is 0 Å². The summed E-state index contributed by atoms with van der Waals surface area (Å²) in [5.41, 5.74) is -1.68. The maximum atomic E-state index is 10.3. The van der Waals surface area contributed by atoms with Crippen LogP contribution in [0.25, 0.3) is 0 Å². The lowest BCUT2D eigenvalue weighted by Gasteiger charge is -2.11. The molecular weight excluding hydrogens is 272 g/mol. The Morgan fingerprint density at radius 2 is 1.52 bits per heavy atom. The molecule has 0 spiro atoms. The Hall–Kier alpha value is -1.99. The molecule has 0 fully saturated rings. The molecule has 0 rings (SSSR count). The molecule has 0 N–H and O–H groups in total. The minimum Gasteiger partial charge on any atom is -0.460 e. The van der Waals surface area contributed by atoms with E-state index in [4.69, 9.17) is 20.0 Å². The Balaban J connectivity index is 0. The Labute approximate surface area is 126 Å². The minimum absolute atomic E-state index is 0.132. The van der Waals surface area contributed by atoms with Crippen molar-refractivity contribution in [2.24, 2.45) is 10.2 Å². The molecule has 21 heavy (non-hydrogen) atoms. The largest absolute Gasteiger partial charge is 0.460 e. The third-order valence-electron chi connectivity index (χ3n) is 1.87. The fourth-order valence-electron chi connectivity index (χ4n) is 0.847. The fraction of sp³-hybridized carbons (Fsp3) is 0.786. The van der Waals surface area contributed by atoms with Crippen LogP contribution in [0.15, 0.2) is 10.2 Å². The maximum absolute atomic E-state index is 10.3. The molecule has 0 bridgehead atoms. The zero-order valence-corrected chi connectivity index (χ0v) is 13.8. The maximum Gasteiger partial charge on any atom is 0.302 e.